The molecule has 5 heteroatoms. The Morgan fingerprint density at radius 1 is 1.23 bits per heavy atom. The lowest BCUT2D eigenvalue weighted by atomic mass is 9.92. The molecule has 0 atom stereocenters. The van der Waals surface area contributed by atoms with Crippen LogP contribution in [0, 0.1) is 3.57 Å². The molecule has 0 aliphatic heterocycles. The molecule has 0 aromatic heterocycles. The van der Waals surface area contributed by atoms with Crippen LogP contribution in [0.4, 0.5) is 0 Å². The molecule has 1 saturated carbocycles. The van der Waals surface area contributed by atoms with Crippen molar-refractivity contribution in [2.24, 2.45) is 0 Å². The van der Waals surface area contributed by atoms with Crippen molar-refractivity contribution in [3.05, 3.63) is 45.6 Å². The normalized spacial score (nSPS) is 16.1. The Hall–Kier alpha value is -1.37. The lowest BCUT2D eigenvalue weighted by Gasteiger charge is -2.29. The van der Waals surface area contributed by atoms with Crippen LogP contribution in [0.1, 0.15) is 38.2 Å². The van der Waals surface area contributed by atoms with Gasteiger partial charge in [-0.25, -0.2) is 9.59 Å². The molecule has 4 nitrogen and oxygen atoms in total. The number of hydrogen-bond donors (Lipinski definition) is 0. The predicted octanol–water partition coefficient (Wildman–Crippen LogP) is 3.72. The van der Waals surface area contributed by atoms with E-state index in [2.05, 4.69) is 29.2 Å². The van der Waals surface area contributed by atoms with E-state index in [4.69, 9.17) is 9.47 Å². The van der Waals surface area contributed by atoms with Crippen molar-refractivity contribution < 1.29 is 19.1 Å². The van der Waals surface area contributed by atoms with Gasteiger partial charge in [0.2, 0.25) is 0 Å². The summed E-state index contributed by atoms with van der Waals surface area (Å²) in [7, 11) is 0. The maximum Gasteiger partial charge on any atom is 0.345 e. The molecule has 0 N–H and O–H groups in total. The average molecular weight is 414 g/mol. The first kappa shape index (κ1) is 17.0. The standard InChI is InChI=1S/C17H19IO4/c1-12(2)16(20)21-11-15(19)22-17(9-3-4-10-17)13-5-7-14(18)8-6-13/h5-8H,1,3-4,9-11H2,2H3. The molecule has 1 aromatic rings. The molecule has 0 radical (unpaired) electrons. The van der Waals surface area contributed by atoms with Crippen molar-refractivity contribution in [2.75, 3.05) is 6.61 Å². The van der Waals surface area contributed by atoms with Crippen LogP contribution in [0.3, 0.4) is 0 Å². The molecule has 0 unspecified atom stereocenters. The SMILES string of the molecule is C=C(C)C(=O)OCC(=O)OC1(c2ccc(I)cc2)CCCC1. The van der Waals surface area contributed by atoms with Crippen LogP contribution in [0.15, 0.2) is 36.4 Å². The second-order valence-corrected chi connectivity index (χ2v) is 6.78. The first-order valence-corrected chi connectivity index (χ1v) is 8.31. The maximum absolute atomic E-state index is 12.0. The zero-order valence-electron chi connectivity index (χ0n) is 12.6. The number of hydrogen-bond acceptors (Lipinski definition) is 4. The summed E-state index contributed by atoms with van der Waals surface area (Å²) in [6.07, 6.45) is 3.64. The number of benzene rings is 1. The molecule has 1 aliphatic rings. The minimum absolute atomic E-state index is 0.265. The summed E-state index contributed by atoms with van der Waals surface area (Å²) in [6.45, 7) is 4.64. The fraction of sp³-hybridized carbons (Fsp3) is 0.412. The van der Waals surface area contributed by atoms with Gasteiger partial charge in [0.15, 0.2) is 6.61 Å². The van der Waals surface area contributed by atoms with Crippen LogP contribution in [0.5, 0.6) is 0 Å². The van der Waals surface area contributed by atoms with Crippen LogP contribution in [-0.2, 0) is 24.7 Å². The second-order valence-electron chi connectivity index (χ2n) is 5.54. The minimum atomic E-state index is -0.586. The number of halogens is 1. The Kier molecular flexibility index (Phi) is 5.61. The Bertz CT molecular complexity index is 571. The van der Waals surface area contributed by atoms with E-state index in [9.17, 15) is 9.59 Å². The van der Waals surface area contributed by atoms with Crippen molar-refractivity contribution in [1.82, 2.24) is 0 Å². The third kappa shape index (κ3) is 4.09. The Morgan fingerprint density at radius 3 is 2.36 bits per heavy atom. The zero-order valence-corrected chi connectivity index (χ0v) is 14.7. The van der Waals surface area contributed by atoms with Gasteiger partial charge in [-0.2, -0.15) is 0 Å². The molecular formula is C17H19IO4. The van der Waals surface area contributed by atoms with E-state index in [0.29, 0.717) is 0 Å². The molecule has 0 saturated heterocycles. The quantitative estimate of drug-likeness (QED) is 0.419. The summed E-state index contributed by atoms with van der Waals surface area (Å²) in [6, 6.07) is 8.01. The highest BCUT2D eigenvalue weighted by Crippen LogP contribution is 2.42. The maximum atomic E-state index is 12.0. The molecule has 1 fully saturated rings. The molecule has 118 valence electrons. The summed E-state index contributed by atoms with van der Waals surface area (Å²) in [5.41, 5.74) is 0.683. The van der Waals surface area contributed by atoms with Crippen molar-refractivity contribution >= 4 is 34.5 Å². The number of ether oxygens (including phenoxy) is 2. The summed E-state index contributed by atoms with van der Waals surface area (Å²) in [4.78, 5) is 23.4. The monoisotopic (exact) mass is 414 g/mol. The molecular weight excluding hydrogens is 395 g/mol. The molecule has 0 spiro atoms. The largest absolute Gasteiger partial charge is 0.452 e. The van der Waals surface area contributed by atoms with E-state index in [0.717, 1.165) is 34.8 Å². The number of carbonyl (C=O) groups is 2. The van der Waals surface area contributed by atoms with Crippen LogP contribution in [0.2, 0.25) is 0 Å². The molecule has 22 heavy (non-hydrogen) atoms. The Balaban J connectivity index is 2.05. The van der Waals surface area contributed by atoms with Crippen molar-refractivity contribution in [3.63, 3.8) is 0 Å². The van der Waals surface area contributed by atoms with Gasteiger partial charge in [0.25, 0.3) is 0 Å². The van der Waals surface area contributed by atoms with Gasteiger partial charge < -0.3 is 9.47 Å². The third-order valence-electron chi connectivity index (χ3n) is 3.76. The first-order valence-electron chi connectivity index (χ1n) is 7.23. The van der Waals surface area contributed by atoms with E-state index in [1.54, 1.807) is 0 Å². The predicted molar refractivity (Wildman–Crippen MR) is 91.2 cm³/mol. The van der Waals surface area contributed by atoms with Crippen molar-refractivity contribution in [2.45, 2.75) is 38.2 Å². The van der Waals surface area contributed by atoms with Gasteiger partial charge in [0.05, 0.1) is 0 Å². The number of esters is 2. The molecule has 1 aliphatic carbocycles. The number of rotatable bonds is 5. The van der Waals surface area contributed by atoms with E-state index < -0.39 is 17.5 Å². The summed E-state index contributed by atoms with van der Waals surface area (Å²) in [5, 5.41) is 0. The highest BCUT2D eigenvalue weighted by molar-refractivity contribution is 14.1. The zero-order chi connectivity index (χ0) is 16.2. The highest BCUT2D eigenvalue weighted by Gasteiger charge is 2.39. The molecule has 0 amide bonds. The molecule has 2 rings (SSSR count). The van der Waals surface area contributed by atoms with Gasteiger partial charge >= 0.3 is 11.9 Å². The Morgan fingerprint density at radius 2 is 1.82 bits per heavy atom. The molecule has 1 aromatic carbocycles. The van der Waals surface area contributed by atoms with Crippen LogP contribution in [0.25, 0.3) is 0 Å². The first-order chi connectivity index (χ1) is 10.4. The average Bonchev–Trinajstić information content (AvgIpc) is 2.94. The van der Waals surface area contributed by atoms with Crippen molar-refractivity contribution in [3.8, 4) is 0 Å². The molecule has 0 heterocycles. The highest BCUT2D eigenvalue weighted by atomic mass is 127. The smallest absolute Gasteiger partial charge is 0.345 e. The number of carbonyl (C=O) groups excluding carboxylic acids is 2. The van der Waals surface area contributed by atoms with Crippen molar-refractivity contribution in [1.29, 1.82) is 0 Å². The fourth-order valence-electron chi connectivity index (χ4n) is 2.64. The van der Waals surface area contributed by atoms with Crippen LogP contribution in [-0.4, -0.2) is 18.5 Å². The van der Waals surface area contributed by atoms with Crippen LogP contribution >= 0.6 is 22.6 Å². The lowest BCUT2D eigenvalue weighted by Crippen LogP contribution is -2.31. The van der Waals surface area contributed by atoms with Gasteiger partial charge in [-0.1, -0.05) is 18.7 Å². The molecule has 0 bridgehead atoms. The second kappa shape index (κ2) is 7.26. The minimum Gasteiger partial charge on any atom is -0.452 e. The fourth-order valence-corrected chi connectivity index (χ4v) is 3.00. The van der Waals surface area contributed by atoms with Gasteiger partial charge in [0.1, 0.15) is 5.60 Å². The van der Waals surface area contributed by atoms with Gasteiger partial charge in [0, 0.05) is 9.14 Å². The lowest BCUT2D eigenvalue weighted by molar-refractivity contribution is -0.169. The van der Waals surface area contributed by atoms with E-state index in [-0.39, 0.29) is 12.2 Å². The van der Waals surface area contributed by atoms with E-state index in [1.807, 2.05) is 24.3 Å². The van der Waals surface area contributed by atoms with Gasteiger partial charge in [-0.05, 0) is 72.9 Å². The Labute approximate surface area is 144 Å². The van der Waals surface area contributed by atoms with E-state index in [1.165, 1.54) is 6.92 Å². The van der Waals surface area contributed by atoms with Crippen LogP contribution < -0.4 is 0 Å². The van der Waals surface area contributed by atoms with Gasteiger partial charge in [-0.15, -0.1) is 0 Å². The van der Waals surface area contributed by atoms with E-state index >= 15 is 0 Å². The topological polar surface area (TPSA) is 52.6 Å². The summed E-state index contributed by atoms with van der Waals surface area (Å²) >= 11 is 2.24. The summed E-state index contributed by atoms with van der Waals surface area (Å²) in [5.74, 6) is -1.10. The summed E-state index contributed by atoms with van der Waals surface area (Å²) < 4.78 is 11.7. The van der Waals surface area contributed by atoms with Gasteiger partial charge in [-0.3, -0.25) is 0 Å². The third-order valence-corrected chi connectivity index (χ3v) is 4.48.